The van der Waals surface area contributed by atoms with Crippen molar-refractivity contribution in [1.29, 1.82) is 0 Å². The number of hydrogen-bond donors (Lipinski definition) is 0. The monoisotopic (exact) mass is 391 g/mol. The number of hydrogen-bond acceptors (Lipinski definition) is 3. The van der Waals surface area contributed by atoms with Crippen LogP contribution >= 0.6 is 23.2 Å². The second kappa shape index (κ2) is 6.05. The van der Waals surface area contributed by atoms with E-state index in [-0.39, 0.29) is 5.56 Å². The van der Waals surface area contributed by atoms with Crippen LogP contribution in [0, 0.1) is 0 Å². The Morgan fingerprint density at radius 2 is 1.44 bits per heavy atom. The zero-order chi connectivity index (χ0) is 18.5. The van der Waals surface area contributed by atoms with Gasteiger partial charge in [0.2, 0.25) is 0 Å². The lowest BCUT2D eigenvalue weighted by molar-refractivity contribution is 1.05. The van der Waals surface area contributed by atoms with Gasteiger partial charge in [0.1, 0.15) is 5.82 Å². The first-order chi connectivity index (χ1) is 13.1. The van der Waals surface area contributed by atoms with Crippen LogP contribution in [0.2, 0.25) is 10.0 Å². The maximum atomic E-state index is 13.3. The highest BCUT2D eigenvalue weighted by atomic mass is 35.5. The van der Waals surface area contributed by atoms with E-state index in [0.717, 1.165) is 10.9 Å². The molecule has 6 heteroatoms. The number of benzene rings is 3. The summed E-state index contributed by atoms with van der Waals surface area (Å²) in [6.45, 7) is 0. The molecule has 0 radical (unpaired) electrons. The first-order valence-corrected chi connectivity index (χ1v) is 9.04. The number of rotatable bonds is 1. The molecule has 0 spiro atoms. The van der Waals surface area contributed by atoms with E-state index in [4.69, 9.17) is 33.2 Å². The van der Waals surface area contributed by atoms with Gasteiger partial charge < -0.3 is 0 Å². The largest absolute Gasteiger partial charge is 0.268 e. The van der Waals surface area contributed by atoms with Crippen LogP contribution in [0.4, 0.5) is 0 Å². The van der Waals surface area contributed by atoms with E-state index in [0.29, 0.717) is 37.9 Å². The van der Waals surface area contributed by atoms with Crippen molar-refractivity contribution >= 4 is 50.7 Å². The van der Waals surface area contributed by atoms with Gasteiger partial charge in [0, 0.05) is 21.0 Å². The minimum absolute atomic E-state index is 0.171. The maximum absolute atomic E-state index is 13.3. The maximum Gasteiger partial charge on any atom is 0.267 e. The van der Waals surface area contributed by atoms with E-state index >= 15 is 0 Å². The van der Waals surface area contributed by atoms with Gasteiger partial charge >= 0.3 is 0 Å². The molecule has 0 fully saturated rings. The summed E-state index contributed by atoms with van der Waals surface area (Å²) in [5, 5.41) is 2.44. The molecule has 0 aliphatic carbocycles. The molecule has 0 saturated carbocycles. The van der Waals surface area contributed by atoms with E-state index in [1.807, 2.05) is 36.4 Å². The van der Waals surface area contributed by atoms with E-state index in [2.05, 4.69) is 0 Å². The average Bonchev–Trinajstić information content (AvgIpc) is 2.68. The number of fused-ring (bicyclic) bond motifs is 4. The minimum Gasteiger partial charge on any atom is -0.268 e. The van der Waals surface area contributed by atoms with Crippen molar-refractivity contribution in [2.45, 2.75) is 0 Å². The number of aromatic nitrogens is 3. The summed E-state index contributed by atoms with van der Waals surface area (Å²) in [4.78, 5) is 22.8. The van der Waals surface area contributed by atoms with Crippen molar-refractivity contribution in [2.75, 3.05) is 0 Å². The Hall–Kier alpha value is -2.95. The smallest absolute Gasteiger partial charge is 0.267 e. The zero-order valence-electron chi connectivity index (χ0n) is 13.9. The Bertz CT molecular complexity index is 1410. The van der Waals surface area contributed by atoms with Gasteiger partial charge in [0.25, 0.3) is 5.56 Å². The second-order valence-corrected chi connectivity index (χ2v) is 7.07. The summed E-state index contributed by atoms with van der Waals surface area (Å²) in [5.74, 6) is 0.514. The Morgan fingerprint density at radius 3 is 2.26 bits per heavy atom. The molecule has 0 atom stereocenters. The molecule has 5 aromatic rings. The average molecular weight is 392 g/mol. The van der Waals surface area contributed by atoms with Gasteiger partial charge in [-0.05, 0) is 54.6 Å². The summed E-state index contributed by atoms with van der Waals surface area (Å²) in [5.41, 5.74) is 2.48. The van der Waals surface area contributed by atoms with Crippen LogP contribution in [0.15, 0.2) is 71.5 Å². The van der Waals surface area contributed by atoms with Crippen molar-refractivity contribution in [3.63, 3.8) is 0 Å². The van der Waals surface area contributed by atoms with E-state index in [1.54, 1.807) is 34.7 Å². The predicted octanol–water partition coefficient (Wildman–Crippen LogP) is 5.37. The quantitative estimate of drug-likeness (QED) is 0.285. The Balaban J connectivity index is 2.05. The van der Waals surface area contributed by atoms with Crippen LogP contribution in [0.25, 0.3) is 38.8 Å². The molecule has 0 saturated heterocycles. The van der Waals surface area contributed by atoms with E-state index in [1.165, 1.54) is 0 Å². The number of halogens is 2. The molecule has 0 unspecified atom stereocenters. The third kappa shape index (κ3) is 2.57. The van der Waals surface area contributed by atoms with Gasteiger partial charge in [-0.15, -0.1) is 0 Å². The van der Waals surface area contributed by atoms with Crippen LogP contribution in [0.5, 0.6) is 0 Å². The molecule has 0 aliphatic heterocycles. The summed E-state index contributed by atoms with van der Waals surface area (Å²) in [7, 11) is 0. The highest BCUT2D eigenvalue weighted by molar-refractivity contribution is 6.31. The lowest BCUT2D eigenvalue weighted by Gasteiger charge is -2.12. The first kappa shape index (κ1) is 16.2. The Morgan fingerprint density at radius 1 is 0.741 bits per heavy atom. The fourth-order valence-corrected chi connectivity index (χ4v) is 3.55. The molecule has 130 valence electrons. The third-order valence-corrected chi connectivity index (χ3v) is 5.00. The third-order valence-electron chi connectivity index (χ3n) is 4.52. The fourth-order valence-electron chi connectivity index (χ4n) is 3.25. The fraction of sp³-hybridized carbons (Fsp3) is 0. The van der Waals surface area contributed by atoms with Gasteiger partial charge in [-0.2, -0.15) is 0 Å². The van der Waals surface area contributed by atoms with Gasteiger partial charge in [-0.3, -0.25) is 4.79 Å². The molecule has 0 amide bonds. The van der Waals surface area contributed by atoms with Crippen LogP contribution in [0.1, 0.15) is 0 Å². The second-order valence-electron chi connectivity index (χ2n) is 6.20. The topological polar surface area (TPSA) is 47.3 Å². The predicted molar refractivity (Wildman–Crippen MR) is 110 cm³/mol. The summed E-state index contributed by atoms with van der Waals surface area (Å²) in [6, 6.07) is 19.9. The SMILES string of the molecule is O=c1c2ccccc2nc2c3cc(Cl)ccc3nc(-c3ccc(Cl)cc3)n12. The molecule has 3 aromatic carbocycles. The van der Waals surface area contributed by atoms with Crippen molar-refractivity contribution in [2.24, 2.45) is 0 Å². The van der Waals surface area contributed by atoms with Crippen molar-refractivity contribution < 1.29 is 0 Å². The molecular formula is C21H11Cl2N3O. The highest BCUT2D eigenvalue weighted by Gasteiger charge is 2.15. The lowest BCUT2D eigenvalue weighted by Crippen LogP contribution is -2.18. The Kier molecular flexibility index (Phi) is 3.64. The summed E-state index contributed by atoms with van der Waals surface area (Å²) < 4.78 is 1.55. The standard InChI is InChI=1S/C21H11Cl2N3O/c22-13-7-5-12(6-8-13)19-24-18-10-9-14(23)11-16(18)20-25-17-4-2-1-3-15(17)21(27)26(19)20/h1-11H. The minimum atomic E-state index is -0.171. The molecule has 2 aromatic heterocycles. The molecule has 27 heavy (non-hydrogen) atoms. The summed E-state index contributed by atoms with van der Waals surface area (Å²) >= 11 is 12.2. The molecule has 5 rings (SSSR count). The zero-order valence-corrected chi connectivity index (χ0v) is 15.4. The van der Waals surface area contributed by atoms with Gasteiger partial charge in [0.05, 0.1) is 16.4 Å². The van der Waals surface area contributed by atoms with Gasteiger partial charge in [0.15, 0.2) is 5.65 Å². The van der Waals surface area contributed by atoms with Crippen LogP contribution < -0.4 is 5.56 Å². The van der Waals surface area contributed by atoms with Crippen molar-refractivity contribution in [3.05, 3.63) is 87.1 Å². The number of para-hydroxylation sites is 1. The Labute approximate surface area is 163 Å². The molecule has 0 aliphatic rings. The van der Waals surface area contributed by atoms with E-state index in [9.17, 15) is 4.79 Å². The van der Waals surface area contributed by atoms with Crippen molar-refractivity contribution in [3.8, 4) is 11.4 Å². The lowest BCUT2D eigenvalue weighted by atomic mass is 10.1. The molecule has 4 nitrogen and oxygen atoms in total. The molecule has 2 heterocycles. The van der Waals surface area contributed by atoms with Crippen LogP contribution in [-0.2, 0) is 0 Å². The van der Waals surface area contributed by atoms with Crippen molar-refractivity contribution in [1.82, 2.24) is 14.4 Å². The molecule has 0 N–H and O–H groups in total. The first-order valence-electron chi connectivity index (χ1n) is 8.28. The number of nitrogens with zero attached hydrogens (tertiary/aromatic N) is 3. The molecule has 0 bridgehead atoms. The van der Waals surface area contributed by atoms with Crippen LogP contribution in [-0.4, -0.2) is 14.4 Å². The summed E-state index contributed by atoms with van der Waals surface area (Å²) in [6.07, 6.45) is 0. The van der Waals surface area contributed by atoms with Crippen LogP contribution in [0.3, 0.4) is 0 Å². The normalized spacial score (nSPS) is 11.5. The van der Waals surface area contributed by atoms with Gasteiger partial charge in [-0.1, -0.05) is 35.3 Å². The molecular weight excluding hydrogens is 381 g/mol. The highest BCUT2D eigenvalue weighted by Crippen LogP contribution is 2.27. The van der Waals surface area contributed by atoms with E-state index < -0.39 is 0 Å². The van der Waals surface area contributed by atoms with Gasteiger partial charge in [-0.25, -0.2) is 14.4 Å².